The van der Waals surface area contributed by atoms with E-state index in [2.05, 4.69) is 28.6 Å². The van der Waals surface area contributed by atoms with Gasteiger partial charge in [0.2, 0.25) is 0 Å². The lowest BCUT2D eigenvalue weighted by Crippen LogP contribution is -2.30. The van der Waals surface area contributed by atoms with E-state index in [4.69, 9.17) is 4.98 Å². The molecule has 1 unspecified atom stereocenters. The van der Waals surface area contributed by atoms with Crippen LogP contribution in [0.15, 0.2) is 30.3 Å². The standard InChI is InChI=1S/C22H25N5OS/c1-13(2)12-27-22-15(14(3)25-27)11-19(29-22)21(28)26-10-6-9-18(26)20-23-16-7-4-5-8-17(16)24-20/h4-5,7-8,11,13,18H,6,9-10,12H2,1-3H3,(H,23,24). The average Bonchev–Trinajstić information content (AvgIpc) is 3.45. The Kier molecular flexibility index (Phi) is 4.42. The van der Waals surface area contributed by atoms with E-state index in [0.717, 1.165) is 63.6 Å². The van der Waals surface area contributed by atoms with Gasteiger partial charge in [0.05, 0.1) is 27.6 Å². The third-order valence-corrected chi connectivity index (χ3v) is 6.73. The number of amides is 1. The normalized spacial score (nSPS) is 17.2. The largest absolute Gasteiger partial charge is 0.340 e. The SMILES string of the molecule is Cc1nn(CC(C)C)c2sc(C(=O)N3CCCC3c3nc4ccccc4[nH]3)cc12. The van der Waals surface area contributed by atoms with Gasteiger partial charge in [-0.05, 0) is 43.9 Å². The Morgan fingerprint density at radius 3 is 2.97 bits per heavy atom. The van der Waals surface area contributed by atoms with Gasteiger partial charge in [-0.15, -0.1) is 11.3 Å². The van der Waals surface area contributed by atoms with E-state index in [1.54, 1.807) is 11.3 Å². The number of para-hydroxylation sites is 2. The Hall–Kier alpha value is -2.67. The minimum atomic E-state index is 0.00775. The maximum absolute atomic E-state index is 13.4. The van der Waals surface area contributed by atoms with Crippen molar-refractivity contribution in [3.63, 3.8) is 0 Å². The molecule has 1 fully saturated rings. The van der Waals surface area contributed by atoms with Crippen LogP contribution >= 0.6 is 11.3 Å². The molecular formula is C22H25N5OS. The van der Waals surface area contributed by atoms with Crippen molar-refractivity contribution in [2.75, 3.05) is 6.54 Å². The second-order valence-electron chi connectivity index (χ2n) is 8.29. The Morgan fingerprint density at radius 1 is 1.34 bits per heavy atom. The Morgan fingerprint density at radius 2 is 2.17 bits per heavy atom. The van der Waals surface area contributed by atoms with Crippen molar-refractivity contribution in [3.8, 4) is 0 Å². The monoisotopic (exact) mass is 407 g/mol. The van der Waals surface area contributed by atoms with Gasteiger partial charge in [0.25, 0.3) is 5.91 Å². The minimum absolute atomic E-state index is 0.00775. The van der Waals surface area contributed by atoms with Crippen molar-refractivity contribution in [1.82, 2.24) is 24.6 Å². The van der Waals surface area contributed by atoms with E-state index in [9.17, 15) is 4.79 Å². The molecule has 0 saturated carbocycles. The van der Waals surface area contributed by atoms with Gasteiger partial charge >= 0.3 is 0 Å². The highest BCUT2D eigenvalue weighted by atomic mass is 32.1. The van der Waals surface area contributed by atoms with E-state index in [1.165, 1.54) is 0 Å². The number of carbonyl (C=O) groups is 1. The number of likely N-dealkylation sites (tertiary alicyclic amines) is 1. The summed E-state index contributed by atoms with van der Waals surface area (Å²) < 4.78 is 2.05. The fourth-order valence-electron chi connectivity index (χ4n) is 4.25. The van der Waals surface area contributed by atoms with Gasteiger partial charge in [-0.2, -0.15) is 5.10 Å². The maximum atomic E-state index is 13.4. The third-order valence-electron chi connectivity index (χ3n) is 5.59. The number of imidazole rings is 1. The number of aromatic nitrogens is 4. The lowest BCUT2D eigenvalue weighted by atomic mass is 10.2. The minimum Gasteiger partial charge on any atom is -0.340 e. The van der Waals surface area contributed by atoms with Crippen molar-refractivity contribution in [1.29, 1.82) is 0 Å². The number of thiophene rings is 1. The van der Waals surface area contributed by atoms with Crippen LogP contribution in [0, 0.1) is 12.8 Å². The third kappa shape index (κ3) is 3.13. The highest BCUT2D eigenvalue weighted by Crippen LogP contribution is 2.36. The number of carbonyl (C=O) groups excluding carboxylic acids is 1. The molecule has 1 aromatic carbocycles. The fraction of sp³-hybridized carbons (Fsp3) is 0.409. The number of benzene rings is 1. The number of hydrogen-bond acceptors (Lipinski definition) is 4. The van der Waals surface area contributed by atoms with Gasteiger partial charge in [0.15, 0.2) is 0 Å². The molecule has 1 saturated heterocycles. The van der Waals surface area contributed by atoms with Gasteiger partial charge in [-0.25, -0.2) is 4.98 Å². The molecule has 1 N–H and O–H groups in total. The highest BCUT2D eigenvalue weighted by Gasteiger charge is 2.33. The smallest absolute Gasteiger partial charge is 0.264 e. The number of rotatable bonds is 4. The van der Waals surface area contributed by atoms with Crippen LogP contribution in [0.1, 0.15) is 53.9 Å². The second kappa shape index (κ2) is 6.99. The number of aryl methyl sites for hydroxylation is 1. The van der Waals surface area contributed by atoms with Gasteiger partial charge < -0.3 is 9.88 Å². The van der Waals surface area contributed by atoms with Gasteiger partial charge in [-0.3, -0.25) is 9.48 Å². The topological polar surface area (TPSA) is 66.8 Å². The molecule has 4 heterocycles. The number of aromatic amines is 1. The second-order valence-corrected chi connectivity index (χ2v) is 9.32. The number of nitrogens with zero attached hydrogens (tertiary/aromatic N) is 4. The predicted molar refractivity (Wildman–Crippen MR) is 116 cm³/mol. The number of nitrogens with one attached hydrogen (secondary N) is 1. The first kappa shape index (κ1) is 18.4. The van der Waals surface area contributed by atoms with Crippen molar-refractivity contribution in [3.05, 3.63) is 46.7 Å². The van der Waals surface area contributed by atoms with Crippen LogP contribution < -0.4 is 0 Å². The van der Waals surface area contributed by atoms with Crippen LogP contribution in [0.3, 0.4) is 0 Å². The van der Waals surface area contributed by atoms with Crippen LogP contribution in [-0.2, 0) is 6.54 Å². The summed E-state index contributed by atoms with van der Waals surface area (Å²) in [6.45, 7) is 8.03. The molecule has 0 spiro atoms. The first-order valence-corrected chi connectivity index (χ1v) is 11.1. The summed E-state index contributed by atoms with van der Waals surface area (Å²) in [6, 6.07) is 10.1. The molecule has 1 aliphatic rings. The van der Waals surface area contributed by atoms with Crippen molar-refractivity contribution in [2.24, 2.45) is 5.92 Å². The van der Waals surface area contributed by atoms with E-state index >= 15 is 0 Å². The van der Waals surface area contributed by atoms with Crippen molar-refractivity contribution in [2.45, 2.75) is 46.2 Å². The molecule has 5 rings (SSSR count). The zero-order valence-corrected chi connectivity index (χ0v) is 17.8. The highest BCUT2D eigenvalue weighted by molar-refractivity contribution is 7.20. The molecule has 1 atom stereocenters. The molecule has 150 valence electrons. The molecule has 6 nitrogen and oxygen atoms in total. The fourth-order valence-corrected chi connectivity index (χ4v) is 5.38. The van der Waals surface area contributed by atoms with E-state index < -0.39 is 0 Å². The number of hydrogen-bond donors (Lipinski definition) is 1. The van der Waals surface area contributed by atoms with Crippen LogP contribution in [0.2, 0.25) is 0 Å². The van der Waals surface area contributed by atoms with E-state index in [-0.39, 0.29) is 11.9 Å². The first-order chi connectivity index (χ1) is 14.0. The van der Waals surface area contributed by atoms with Crippen LogP contribution in [0.25, 0.3) is 21.3 Å². The predicted octanol–water partition coefficient (Wildman–Crippen LogP) is 4.92. The summed E-state index contributed by atoms with van der Waals surface area (Å²) >= 11 is 1.56. The summed E-state index contributed by atoms with van der Waals surface area (Å²) in [7, 11) is 0. The quantitative estimate of drug-likeness (QED) is 0.522. The Balaban J connectivity index is 1.47. The number of H-pyrrole nitrogens is 1. The Labute approximate surface area is 173 Å². The van der Waals surface area contributed by atoms with Gasteiger partial charge in [-0.1, -0.05) is 26.0 Å². The average molecular weight is 408 g/mol. The molecule has 1 aliphatic heterocycles. The summed E-state index contributed by atoms with van der Waals surface area (Å²) in [6.07, 6.45) is 1.94. The molecule has 7 heteroatoms. The molecule has 0 bridgehead atoms. The molecule has 29 heavy (non-hydrogen) atoms. The molecule has 1 amide bonds. The summed E-state index contributed by atoms with van der Waals surface area (Å²) in [4.78, 5) is 25.5. The summed E-state index contributed by atoms with van der Waals surface area (Å²) in [5.74, 6) is 1.50. The number of fused-ring (bicyclic) bond motifs is 2. The van der Waals surface area contributed by atoms with Crippen molar-refractivity contribution >= 4 is 38.5 Å². The molecular weight excluding hydrogens is 382 g/mol. The zero-order valence-electron chi connectivity index (χ0n) is 17.0. The summed E-state index contributed by atoms with van der Waals surface area (Å²) in [5, 5.41) is 5.76. The van der Waals surface area contributed by atoms with Gasteiger partial charge in [0, 0.05) is 18.5 Å². The zero-order chi connectivity index (χ0) is 20.1. The molecule has 4 aromatic rings. The maximum Gasteiger partial charge on any atom is 0.264 e. The van der Waals surface area contributed by atoms with Crippen LogP contribution in [-0.4, -0.2) is 37.1 Å². The first-order valence-electron chi connectivity index (χ1n) is 10.2. The molecule has 0 radical (unpaired) electrons. The van der Waals surface area contributed by atoms with Gasteiger partial charge in [0.1, 0.15) is 10.7 Å². The van der Waals surface area contributed by atoms with E-state index in [1.807, 2.05) is 42.2 Å². The molecule has 0 aliphatic carbocycles. The molecule has 3 aromatic heterocycles. The van der Waals surface area contributed by atoms with E-state index in [0.29, 0.717) is 5.92 Å². The van der Waals surface area contributed by atoms with Crippen LogP contribution in [0.5, 0.6) is 0 Å². The van der Waals surface area contributed by atoms with Crippen molar-refractivity contribution < 1.29 is 4.79 Å². The lowest BCUT2D eigenvalue weighted by molar-refractivity contribution is 0.0735. The lowest BCUT2D eigenvalue weighted by Gasteiger charge is -2.22. The summed E-state index contributed by atoms with van der Waals surface area (Å²) in [5.41, 5.74) is 2.97. The van der Waals surface area contributed by atoms with Crippen LogP contribution in [0.4, 0.5) is 0 Å². The Bertz CT molecular complexity index is 1170.